The average Bonchev–Trinajstić information content (AvgIpc) is 2.88. The number of hydrogen-bond acceptors (Lipinski definition) is 3. The molecule has 2 amide bonds. The summed E-state index contributed by atoms with van der Waals surface area (Å²) >= 11 is 0. The molecule has 23 heavy (non-hydrogen) atoms. The number of carbonyl (C=O) groups excluding carboxylic acids is 1. The van der Waals surface area contributed by atoms with Crippen molar-refractivity contribution >= 4 is 6.03 Å². The molecule has 2 atom stereocenters. The van der Waals surface area contributed by atoms with Gasteiger partial charge < -0.3 is 19.7 Å². The third-order valence-electron chi connectivity index (χ3n) is 5.01. The molecule has 2 aliphatic rings. The number of carbonyl (C=O) groups is 1. The lowest BCUT2D eigenvalue weighted by molar-refractivity contribution is 0.191. The molecule has 1 aromatic rings. The predicted molar refractivity (Wildman–Crippen MR) is 89.1 cm³/mol. The summed E-state index contributed by atoms with van der Waals surface area (Å²) in [5.74, 6) is 2.28. The van der Waals surface area contributed by atoms with Gasteiger partial charge in [-0.2, -0.15) is 0 Å². The normalized spacial score (nSPS) is 22.8. The van der Waals surface area contributed by atoms with Crippen LogP contribution in [0.15, 0.2) is 18.2 Å². The highest BCUT2D eigenvalue weighted by molar-refractivity contribution is 5.75. The van der Waals surface area contributed by atoms with E-state index in [0.717, 1.165) is 42.4 Å². The number of benzene rings is 1. The second-order valence-corrected chi connectivity index (χ2v) is 6.54. The van der Waals surface area contributed by atoms with Crippen LogP contribution in [0.3, 0.4) is 0 Å². The molecule has 2 fully saturated rings. The van der Waals surface area contributed by atoms with Crippen molar-refractivity contribution in [1.82, 2.24) is 10.2 Å². The van der Waals surface area contributed by atoms with E-state index in [4.69, 9.17) is 9.47 Å². The fraction of sp³-hybridized carbons (Fsp3) is 0.611. The molecular formula is C18H26N2O3. The first-order valence-electron chi connectivity index (χ1n) is 8.46. The smallest absolute Gasteiger partial charge is 0.317 e. The number of urea groups is 1. The highest BCUT2D eigenvalue weighted by Crippen LogP contribution is 2.35. The maximum Gasteiger partial charge on any atom is 0.317 e. The molecule has 2 bridgehead atoms. The standard InChI is InChI=1S/C18H26N2O3/c1-22-16-9-13(10-17(11-16)23-2)6-7-19-18(21)20-12-14-4-3-5-15(20)8-14/h9-11,14-15H,3-8,12H2,1-2H3,(H,19,21)/t14-,15+/m1/s1. The largest absolute Gasteiger partial charge is 0.497 e. The van der Waals surface area contributed by atoms with Crippen molar-refractivity contribution in [3.05, 3.63) is 23.8 Å². The van der Waals surface area contributed by atoms with Crippen LogP contribution < -0.4 is 14.8 Å². The molecule has 126 valence electrons. The number of nitrogens with one attached hydrogen (secondary N) is 1. The Bertz CT molecular complexity index is 539. The van der Waals surface area contributed by atoms with Crippen LogP contribution >= 0.6 is 0 Å². The molecule has 3 rings (SSSR count). The summed E-state index contributed by atoms with van der Waals surface area (Å²) < 4.78 is 10.6. The molecule has 1 aromatic carbocycles. The van der Waals surface area contributed by atoms with E-state index in [1.807, 2.05) is 23.1 Å². The minimum absolute atomic E-state index is 0.0919. The summed E-state index contributed by atoms with van der Waals surface area (Å²) in [6, 6.07) is 6.38. The van der Waals surface area contributed by atoms with Gasteiger partial charge in [0.05, 0.1) is 14.2 Å². The van der Waals surface area contributed by atoms with Gasteiger partial charge in [0, 0.05) is 25.2 Å². The van der Waals surface area contributed by atoms with Gasteiger partial charge in [-0.15, -0.1) is 0 Å². The van der Waals surface area contributed by atoms with Crippen LogP contribution in [-0.2, 0) is 6.42 Å². The topological polar surface area (TPSA) is 50.8 Å². The number of amides is 2. The van der Waals surface area contributed by atoms with Gasteiger partial charge in [-0.1, -0.05) is 6.42 Å². The van der Waals surface area contributed by atoms with Crippen molar-refractivity contribution in [2.45, 2.75) is 38.1 Å². The molecule has 1 aliphatic heterocycles. The Morgan fingerprint density at radius 3 is 2.61 bits per heavy atom. The van der Waals surface area contributed by atoms with E-state index in [0.29, 0.717) is 12.6 Å². The van der Waals surface area contributed by atoms with Crippen LogP contribution in [0.25, 0.3) is 0 Å². The summed E-state index contributed by atoms with van der Waals surface area (Å²) in [5.41, 5.74) is 1.10. The molecule has 1 aliphatic carbocycles. The third kappa shape index (κ3) is 3.71. The number of likely N-dealkylation sites (tertiary alicyclic amines) is 1. The lowest BCUT2D eigenvalue weighted by atomic mass is 9.91. The molecular weight excluding hydrogens is 292 g/mol. The van der Waals surface area contributed by atoms with Crippen molar-refractivity contribution in [2.24, 2.45) is 5.92 Å². The zero-order valence-corrected chi connectivity index (χ0v) is 14.0. The zero-order chi connectivity index (χ0) is 16.2. The van der Waals surface area contributed by atoms with Crippen molar-refractivity contribution < 1.29 is 14.3 Å². The fourth-order valence-electron chi connectivity index (χ4n) is 3.81. The Labute approximate surface area is 137 Å². The minimum Gasteiger partial charge on any atom is -0.497 e. The van der Waals surface area contributed by atoms with Crippen LogP contribution in [0.5, 0.6) is 11.5 Å². The van der Waals surface area contributed by atoms with E-state index in [9.17, 15) is 4.79 Å². The quantitative estimate of drug-likeness (QED) is 0.908. The third-order valence-corrected chi connectivity index (χ3v) is 5.01. The molecule has 1 N–H and O–H groups in total. The highest BCUT2D eigenvalue weighted by atomic mass is 16.5. The summed E-state index contributed by atoms with van der Waals surface area (Å²) in [5, 5.41) is 3.07. The second kappa shape index (κ2) is 7.11. The van der Waals surface area contributed by atoms with Crippen molar-refractivity contribution in [2.75, 3.05) is 27.3 Å². The monoisotopic (exact) mass is 318 g/mol. The molecule has 1 saturated carbocycles. The first-order valence-corrected chi connectivity index (χ1v) is 8.46. The van der Waals surface area contributed by atoms with E-state index in [1.165, 1.54) is 19.3 Å². The first kappa shape index (κ1) is 16.0. The van der Waals surface area contributed by atoms with Gasteiger partial charge in [-0.05, 0) is 49.3 Å². The number of hydrogen-bond donors (Lipinski definition) is 1. The molecule has 0 aromatic heterocycles. The zero-order valence-electron chi connectivity index (χ0n) is 14.0. The molecule has 1 saturated heterocycles. The van der Waals surface area contributed by atoms with Gasteiger partial charge >= 0.3 is 6.03 Å². The number of fused-ring (bicyclic) bond motifs is 2. The second-order valence-electron chi connectivity index (χ2n) is 6.54. The Balaban J connectivity index is 1.52. The predicted octanol–water partition coefficient (Wildman–Crippen LogP) is 2.83. The van der Waals surface area contributed by atoms with Gasteiger partial charge in [0.1, 0.15) is 11.5 Å². The van der Waals surface area contributed by atoms with E-state index < -0.39 is 0 Å². The Kier molecular flexibility index (Phi) is 4.94. The van der Waals surface area contributed by atoms with Crippen LogP contribution in [-0.4, -0.2) is 44.3 Å². The highest BCUT2D eigenvalue weighted by Gasteiger charge is 2.37. The minimum atomic E-state index is 0.0919. The molecule has 0 radical (unpaired) electrons. The van der Waals surface area contributed by atoms with E-state index >= 15 is 0 Å². The molecule has 0 spiro atoms. The van der Waals surface area contributed by atoms with Crippen LogP contribution in [0.2, 0.25) is 0 Å². The van der Waals surface area contributed by atoms with Gasteiger partial charge in [0.15, 0.2) is 0 Å². The Morgan fingerprint density at radius 2 is 1.96 bits per heavy atom. The summed E-state index contributed by atoms with van der Waals surface area (Å²) in [7, 11) is 3.29. The van der Waals surface area contributed by atoms with Gasteiger partial charge in [0.25, 0.3) is 0 Å². The molecule has 0 unspecified atom stereocenters. The van der Waals surface area contributed by atoms with Crippen molar-refractivity contribution in [3.63, 3.8) is 0 Å². The Morgan fingerprint density at radius 1 is 1.22 bits per heavy atom. The maximum absolute atomic E-state index is 12.4. The number of ether oxygens (including phenoxy) is 2. The van der Waals surface area contributed by atoms with E-state index in [-0.39, 0.29) is 6.03 Å². The van der Waals surface area contributed by atoms with Gasteiger partial charge in [-0.25, -0.2) is 4.79 Å². The van der Waals surface area contributed by atoms with Gasteiger partial charge in [0.2, 0.25) is 0 Å². The van der Waals surface area contributed by atoms with Crippen LogP contribution in [0.1, 0.15) is 31.2 Å². The lowest BCUT2D eigenvalue weighted by Gasteiger charge is -2.24. The van der Waals surface area contributed by atoms with Crippen molar-refractivity contribution in [3.8, 4) is 11.5 Å². The van der Waals surface area contributed by atoms with Gasteiger partial charge in [-0.3, -0.25) is 0 Å². The molecule has 1 heterocycles. The summed E-state index contributed by atoms with van der Waals surface area (Å²) in [6.07, 6.45) is 5.67. The first-order chi connectivity index (χ1) is 11.2. The van der Waals surface area contributed by atoms with Crippen LogP contribution in [0, 0.1) is 5.92 Å². The number of methoxy groups -OCH3 is 2. The number of nitrogens with zero attached hydrogens (tertiary/aromatic N) is 1. The van der Waals surface area contributed by atoms with Crippen molar-refractivity contribution in [1.29, 1.82) is 0 Å². The average molecular weight is 318 g/mol. The van der Waals surface area contributed by atoms with E-state index in [1.54, 1.807) is 14.2 Å². The Hall–Kier alpha value is -1.91. The van der Waals surface area contributed by atoms with E-state index in [2.05, 4.69) is 5.32 Å². The number of rotatable bonds is 5. The fourth-order valence-corrected chi connectivity index (χ4v) is 3.81. The maximum atomic E-state index is 12.4. The lowest BCUT2D eigenvalue weighted by Crippen LogP contribution is -2.43. The molecule has 5 heteroatoms. The summed E-state index contributed by atoms with van der Waals surface area (Å²) in [4.78, 5) is 14.4. The summed E-state index contributed by atoms with van der Waals surface area (Å²) in [6.45, 7) is 1.56. The molecule has 5 nitrogen and oxygen atoms in total. The van der Waals surface area contributed by atoms with Crippen LogP contribution in [0.4, 0.5) is 4.79 Å². The SMILES string of the molecule is COc1cc(CCNC(=O)N2C[C@@H]3CCC[C@H]2C3)cc(OC)c1.